The highest BCUT2D eigenvalue weighted by molar-refractivity contribution is 9.10. The second kappa shape index (κ2) is 8.64. The van der Waals surface area contributed by atoms with Crippen molar-refractivity contribution in [2.75, 3.05) is 18.0 Å². The van der Waals surface area contributed by atoms with Crippen molar-refractivity contribution in [1.29, 1.82) is 0 Å². The molecule has 31 heavy (non-hydrogen) atoms. The van der Waals surface area contributed by atoms with Gasteiger partial charge in [0.25, 0.3) is 0 Å². The molecule has 0 unspecified atom stereocenters. The first-order valence-electron chi connectivity index (χ1n) is 10.4. The van der Waals surface area contributed by atoms with E-state index in [1.54, 1.807) is 12.4 Å². The van der Waals surface area contributed by atoms with Crippen LogP contribution in [0.4, 0.5) is 5.69 Å². The first kappa shape index (κ1) is 20.0. The number of hydrogen-bond donors (Lipinski definition) is 2. The van der Waals surface area contributed by atoms with Crippen LogP contribution >= 0.6 is 15.9 Å². The predicted octanol–water partition coefficient (Wildman–Crippen LogP) is 4.29. The molecular formula is C23H23BrN6O. The number of nitrogens with one attached hydrogen (secondary N) is 1. The SMILES string of the molecule is NCc1ccc(-c2nc3c(N4CCC(Oc5cccnc5)CC4)c(Br)cnc3[nH]2)cc1. The number of nitrogens with zero attached hydrogens (tertiary/aromatic N) is 4. The Morgan fingerprint density at radius 2 is 1.94 bits per heavy atom. The number of pyridine rings is 2. The summed E-state index contributed by atoms with van der Waals surface area (Å²) in [5.41, 5.74) is 10.6. The number of piperidine rings is 1. The lowest BCUT2D eigenvalue weighted by atomic mass is 10.1. The molecule has 158 valence electrons. The van der Waals surface area contributed by atoms with Gasteiger partial charge in [0.05, 0.1) is 16.4 Å². The Morgan fingerprint density at radius 1 is 1.13 bits per heavy atom. The Balaban J connectivity index is 1.38. The molecule has 0 aliphatic carbocycles. The van der Waals surface area contributed by atoms with Gasteiger partial charge in [-0.05, 0) is 33.6 Å². The number of nitrogens with two attached hydrogens (primary N) is 1. The van der Waals surface area contributed by atoms with Crippen LogP contribution in [0, 0.1) is 0 Å². The molecule has 0 saturated carbocycles. The molecule has 1 aliphatic rings. The van der Waals surface area contributed by atoms with Crippen molar-refractivity contribution in [3.8, 4) is 17.1 Å². The van der Waals surface area contributed by atoms with E-state index in [1.807, 2.05) is 42.6 Å². The average molecular weight is 479 g/mol. The third-order valence-electron chi connectivity index (χ3n) is 5.60. The minimum Gasteiger partial charge on any atom is -0.489 e. The summed E-state index contributed by atoms with van der Waals surface area (Å²) in [4.78, 5) is 19.3. The molecule has 7 nitrogen and oxygen atoms in total. The molecule has 1 fully saturated rings. The molecule has 1 aromatic carbocycles. The molecule has 1 aliphatic heterocycles. The molecule has 0 amide bonds. The molecule has 5 rings (SSSR count). The highest BCUT2D eigenvalue weighted by atomic mass is 79.9. The van der Waals surface area contributed by atoms with E-state index in [4.69, 9.17) is 15.5 Å². The van der Waals surface area contributed by atoms with E-state index in [-0.39, 0.29) is 6.10 Å². The zero-order valence-electron chi connectivity index (χ0n) is 17.0. The number of aromatic amines is 1. The topological polar surface area (TPSA) is 92.9 Å². The van der Waals surface area contributed by atoms with Gasteiger partial charge in [0.2, 0.25) is 0 Å². The number of hydrogen-bond acceptors (Lipinski definition) is 6. The van der Waals surface area contributed by atoms with E-state index < -0.39 is 0 Å². The van der Waals surface area contributed by atoms with Gasteiger partial charge < -0.3 is 20.4 Å². The van der Waals surface area contributed by atoms with Gasteiger partial charge in [0.1, 0.15) is 23.2 Å². The second-order valence-corrected chi connectivity index (χ2v) is 8.49. The van der Waals surface area contributed by atoms with Crippen molar-refractivity contribution < 1.29 is 4.74 Å². The molecule has 0 spiro atoms. The van der Waals surface area contributed by atoms with Crippen molar-refractivity contribution in [2.45, 2.75) is 25.5 Å². The lowest BCUT2D eigenvalue weighted by Gasteiger charge is -2.34. The van der Waals surface area contributed by atoms with Crippen LogP contribution < -0.4 is 15.4 Å². The Labute approximate surface area is 188 Å². The first-order chi connectivity index (χ1) is 15.2. The zero-order chi connectivity index (χ0) is 21.2. The van der Waals surface area contributed by atoms with Gasteiger partial charge in [-0.25, -0.2) is 9.97 Å². The molecule has 0 bridgehead atoms. The number of halogens is 1. The fourth-order valence-electron chi connectivity index (χ4n) is 3.96. The molecule has 8 heteroatoms. The third-order valence-corrected chi connectivity index (χ3v) is 6.18. The smallest absolute Gasteiger partial charge is 0.159 e. The van der Waals surface area contributed by atoms with E-state index in [2.05, 4.69) is 35.8 Å². The van der Waals surface area contributed by atoms with Crippen molar-refractivity contribution in [3.05, 3.63) is 65.0 Å². The third kappa shape index (κ3) is 4.13. The van der Waals surface area contributed by atoms with Crippen LogP contribution in [-0.2, 0) is 6.54 Å². The maximum absolute atomic E-state index is 6.09. The van der Waals surface area contributed by atoms with Gasteiger partial charge in [-0.15, -0.1) is 0 Å². The van der Waals surface area contributed by atoms with Crippen molar-refractivity contribution >= 4 is 32.8 Å². The summed E-state index contributed by atoms with van der Waals surface area (Å²) in [5.74, 6) is 1.63. The van der Waals surface area contributed by atoms with Crippen molar-refractivity contribution in [1.82, 2.24) is 19.9 Å². The minimum atomic E-state index is 0.187. The van der Waals surface area contributed by atoms with E-state index in [9.17, 15) is 0 Å². The molecule has 4 aromatic rings. The van der Waals surface area contributed by atoms with Crippen LogP contribution in [0.2, 0.25) is 0 Å². The Morgan fingerprint density at radius 3 is 2.65 bits per heavy atom. The summed E-state index contributed by atoms with van der Waals surface area (Å²) in [7, 11) is 0. The summed E-state index contributed by atoms with van der Waals surface area (Å²) >= 11 is 3.69. The predicted molar refractivity (Wildman–Crippen MR) is 125 cm³/mol. The van der Waals surface area contributed by atoms with Gasteiger partial charge >= 0.3 is 0 Å². The second-order valence-electron chi connectivity index (χ2n) is 7.63. The number of imidazole rings is 1. The first-order valence-corrected chi connectivity index (χ1v) is 11.2. The largest absolute Gasteiger partial charge is 0.489 e. The van der Waals surface area contributed by atoms with Crippen molar-refractivity contribution in [3.63, 3.8) is 0 Å². The quantitative estimate of drug-likeness (QED) is 0.444. The van der Waals surface area contributed by atoms with Gasteiger partial charge in [0.15, 0.2) is 5.65 Å². The maximum atomic E-state index is 6.09. The summed E-state index contributed by atoms with van der Waals surface area (Å²) < 4.78 is 7.04. The number of ether oxygens (including phenoxy) is 1. The van der Waals surface area contributed by atoms with E-state index in [0.717, 1.165) is 70.0 Å². The molecule has 0 radical (unpaired) electrons. The van der Waals surface area contributed by atoms with Gasteiger partial charge in [-0.1, -0.05) is 24.3 Å². The highest BCUT2D eigenvalue weighted by Gasteiger charge is 2.25. The summed E-state index contributed by atoms with van der Waals surface area (Å²) in [6.45, 7) is 2.30. The molecule has 4 heterocycles. The monoisotopic (exact) mass is 478 g/mol. The summed E-state index contributed by atoms with van der Waals surface area (Å²) in [6.07, 6.45) is 7.42. The molecule has 3 N–H and O–H groups in total. The van der Waals surface area contributed by atoms with Gasteiger partial charge in [-0.3, -0.25) is 4.98 Å². The number of aromatic nitrogens is 4. The lowest BCUT2D eigenvalue weighted by molar-refractivity contribution is 0.170. The lowest BCUT2D eigenvalue weighted by Crippen LogP contribution is -2.38. The molecule has 1 saturated heterocycles. The minimum absolute atomic E-state index is 0.187. The Hall–Kier alpha value is -2.97. The van der Waals surface area contributed by atoms with Crippen LogP contribution in [0.25, 0.3) is 22.6 Å². The Kier molecular flexibility index (Phi) is 5.57. The fraction of sp³-hybridized carbons (Fsp3) is 0.261. The fourth-order valence-corrected chi connectivity index (χ4v) is 4.50. The van der Waals surface area contributed by atoms with Gasteiger partial charge in [0, 0.05) is 50.4 Å². The number of fused-ring (bicyclic) bond motifs is 1. The van der Waals surface area contributed by atoms with Crippen LogP contribution in [0.3, 0.4) is 0 Å². The zero-order valence-corrected chi connectivity index (χ0v) is 18.5. The van der Waals surface area contributed by atoms with Crippen LogP contribution in [-0.4, -0.2) is 39.1 Å². The maximum Gasteiger partial charge on any atom is 0.159 e. The molecular weight excluding hydrogens is 456 g/mol. The van der Waals surface area contributed by atoms with Gasteiger partial charge in [-0.2, -0.15) is 0 Å². The van der Waals surface area contributed by atoms with Crippen LogP contribution in [0.1, 0.15) is 18.4 Å². The van der Waals surface area contributed by atoms with E-state index in [1.165, 1.54) is 0 Å². The summed E-state index contributed by atoms with van der Waals surface area (Å²) in [6, 6.07) is 12.0. The molecule has 3 aromatic heterocycles. The van der Waals surface area contributed by atoms with Crippen molar-refractivity contribution in [2.24, 2.45) is 5.73 Å². The Bertz CT molecular complexity index is 1170. The number of rotatable bonds is 5. The standard InChI is InChI=1S/C23H23BrN6O/c24-19-14-27-23-20(28-22(29-23)16-5-3-15(12-25)4-6-16)21(19)30-10-7-17(8-11-30)31-18-2-1-9-26-13-18/h1-6,9,13-14,17H,7-8,10-12,25H2,(H,27,28,29). The van der Waals surface area contributed by atoms with Crippen LogP contribution in [0.15, 0.2) is 59.5 Å². The highest BCUT2D eigenvalue weighted by Crippen LogP contribution is 2.35. The number of anilines is 1. The summed E-state index contributed by atoms with van der Waals surface area (Å²) in [5, 5.41) is 0. The average Bonchev–Trinajstić information content (AvgIpc) is 3.25. The molecule has 0 atom stereocenters. The number of benzene rings is 1. The number of H-pyrrole nitrogens is 1. The normalized spacial score (nSPS) is 14.8. The van der Waals surface area contributed by atoms with Crippen LogP contribution in [0.5, 0.6) is 5.75 Å². The van der Waals surface area contributed by atoms with E-state index in [0.29, 0.717) is 6.54 Å². The van der Waals surface area contributed by atoms with E-state index >= 15 is 0 Å².